The van der Waals surface area contributed by atoms with Gasteiger partial charge in [0.25, 0.3) is 0 Å². The van der Waals surface area contributed by atoms with Gasteiger partial charge in [0.15, 0.2) is 0 Å². The van der Waals surface area contributed by atoms with Gasteiger partial charge in [0, 0.05) is 25.2 Å². The van der Waals surface area contributed by atoms with Crippen LogP contribution in [0.15, 0.2) is 24.3 Å². The Morgan fingerprint density at radius 3 is 2.25 bits per heavy atom. The van der Waals surface area contributed by atoms with Crippen molar-refractivity contribution in [2.24, 2.45) is 0 Å². The first-order valence-corrected chi connectivity index (χ1v) is 8.99. The fourth-order valence-corrected chi connectivity index (χ4v) is 3.53. The number of benzene rings is 1. The van der Waals surface area contributed by atoms with E-state index in [9.17, 15) is 8.42 Å². The van der Waals surface area contributed by atoms with Crippen molar-refractivity contribution in [2.45, 2.75) is 38.8 Å². The van der Waals surface area contributed by atoms with Crippen LogP contribution in [0.2, 0.25) is 0 Å². The Bertz CT molecular complexity index is 531. The van der Waals surface area contributed by atoms with Gasteiger partial charge >= 0.3 is 0 Å². The second kappa shape index (κ2) is 6.24. The fraction of sp³-hybridized carbons (Fsp3) is 0.600. The maximum absolute atomic E-state index is 11.5. The van der Waals surface area contributed by atoms with Gasteiger partial charge in [-0.25, -0.2) is 12.7 Å². The highest BCUT2D eigenvalue weighted by atomic mass is 32.2. The van der Waals surface area contributed by atoms with E-state index in [4.69, 9.17) is 0 Å². The Morgan fingerprint density at radius 1 is 1.20 bits per heavy atom. The van der Waals surface area contributed by atoms with Crippen molar-refractivity contribution in [3.63, 3.8) is 0 Å². The number of hydrogen-bond acceptors (Lipinski definition) is 3. The SMILES string of the molecule is Cc1ccc(C(C)NC2CCN(S(C)(=O)=O)CC2)cc1. The third kappa shape index (κ3) is 4.04. The van der Waals surface area contributed by atoms with Crippen molar-refractivity contribution in [2.75, 3.05) is 19.3 Å². The zero-order valence-corrected chi connectivity index (χ0v) is 13.3. The van der Waals surface area contributed by atoms with E-state index in [-0.39, 0.29) is 0 Å². The Balaban J connectivity index is 1.88. The molecule has 1 aliphatic rings. The predicted molar refractivity (Wildman–Crippen MR) is 82.2 cm³/mol. The van der Waals surface area contributed by atoms with Gasteiger partial charge in [0.1, 0.15) is 0 Å². The molecular formula is C15H24N2O2S. The number of sulfonamides is 1. The molecule has 1 aromatic rings. The minimum absolute atomic E-state index is 0.297. The van der Waals surface area contributed by atoms with Crippen LogP contribution >= 0.6 is 0 Å². The summed E-state index contributed by atoms with van der Waals surface area (Å²) in [4.78, 5) is 0. The third-order valence-electron chi connectivity index (χ3n) is 3.99. The molecule has 1 unspecified atom stereocenters. The highest BCUT2D eigenvalue weighted by molar-refractivity contribution is 7.88. The Morgan fingerprint density at radius 2 is 1.75 bits per heavy atom. The van der Waals surface area contributed by atoms with Gasteiger partial charge in [-0.15, -0.1) is 0 Å². The average Bonchev–Trinajstić information content (AvgIpc) is 2.39. The Hall–Kier alpha value is -0.910. The van der Waals surface area contributed by atoms with Crippen LogP contribution in [0.5, 0.6) is 0 Å². The smallest absolute Gasteiger partial charge is 0.211 e. The van der Waals surface area contributed by atoms with Crippen LogP contribution in [0, 0.1) is 6.92 Å². The van der Waals surface area contributed by atoms with Gasteiger partial charge < -0.3 is 5.32 Å². The van der Waals surface area contributed by atoms with Gasteiger partial charge in [-0.3, -0.25) is 0 Å². The maximum atomic E-state index is 11.5. The van der Waals surface area contributed by atoms with E-state index >= 15 is 0 Å². The lowest BCUT2D eigenvalue weighted by molar-refractivity contribution is 0.278. The standard InChI is InChI=1S/C15H24N2O2S/c1-12-4-6-14(7-5-12)13(2)16-15-8-10-17(11-9-15)20(3,18)19/h4-7,13,15-16H,8-11H2,1-3H3. The van der Waals surface area contributed by atoms with E-state index in [2.05, 4.69) is 43.4 Å². The second-order valence-corrected chi connectivity index (χ2v) is 7.72. The first-order valence-electron chi connectivity index (χ1n) is 7.14. The van der Waals surface area contributed by atoms with Gasteiger partial charge in [-0.1, -0.05) is 29.8 Å². The Labute approximate surface area is 122 Å². The highest BCUT2D eigenvalue weighted by Crippen LogP contribution is 2.19. The van der Waals surface area contributed by atoms with Gasteiger partial charge in [-0.05, 0) is 32.3 Å². The van der Waals surface area contributed by atoms with Crippen LogP contribution in [-0.2, 0) is 10.0 Å². The largest absolute Gasteiger partial charge is 0.307 e. The molecule has 0 bridgehead atoms. The molecule has 1 fully saturated rings. The summed E-state index contributed by atoms with van der Waals surface area (Å²) < 4.78 is 24.5. The van der Waals surface area contributed by atoms with Crippen LogP contribution in [0.3, 0.4) is 0 Å². The molecule has 4 nitrogen and oxygen atoms in total. The minimum Gasteiger partial charge on any atom is -0.307 e. The summed E-state index contributed by atoms with van der Waals surface area (Å²) in [7, 11) is -3.03. The molecule has 1 heterocycles. The monoisotopic (exact) mass is 296 g/mol. The predicted octanol–water partition coefficient (Wildman–Crippen LogP) is 2.07. The quantitative estimate of drug-likeness (QED) is 0.925. The molecule has 1 N–H and O–H groups in total. The van der Waals surface area contributed by atoms with Crippen LogP contribution in [0.1, 0.15) is 36.9 Å². The number of hydrogen-bond donors (Lipinski definition) is 1. The maximum Gasteiger partial charge on any atom is 0.211 e. The van der Waals surface area contributed by atoms with Gasteiger partial charge in [0.05, 0.1) is 6.26 Å². The third-order valence-corrected chi connectivity index (χ3v) is 5.29. The molecule has 0 aromatic heterocycles. The van der Waals surface area contributed by atoms with Crippen molar-refractivity contribution in [3.8, 4) is 0 Å². The van der Waals surface area contributed by atoms with E-state index in [0.717, 1.165) is 12.8 Å². The lowest BCUT2D eigenvalue weighted by Crippen LogP contribution is -2.45. The first kappa shape index (κ1) is 15.5. The molecule has 0 saturated carbocycles. The zero-order chi connectivity index (χ0) is 14.8. The molecule has 1 atom stereocenters. The number of aryl methyl sites for hydroxylation is 1. The van der Waals surface area contributed by atoms with E-state index < -0.39 is 10.0 Å². The summed E-state index contributed by atoms with van der Waals surface area (Å²) in [6.07, 6.45) is 3.04. The molecule has 1 saturated heterocycles. The Kier molecular flexibility index (Phi) is 4.83. The van der Waals surface area contributed by atoms with Crippen molar-refractivity contribution in [3.05, 3.63) is 35.4 Å². The van der Waals surface area contributed by atoms with Crippen LogP contribution < -0.4 is 5.32 Å². The molecule has 112 valence electrons. The average molecular weight is 296 g/mol. The topological polar surface area (TPSA) is 49.4 Å². The molecule has 2 rings (SSSR count). The zero-order valence-electron chi connectivity index (χ0n) is 12.5. The molecule has 5 heteroatoms. The van der Waals surface area contributed by atoms with Gasteiger partial charge in [-0.2, -0.15) is 0 Å². The van der Waals surface area contributed by atoms with E-state index in [1.807, 2.05) is 0 Å². The summed E-state index contributed by atoms with van der Waals surface area (Å²) >= 11 is 0. The lowest BCUT2D eigenvalue weighted by atomic mass is 10.0. The van der Waals surface area contributed by atoms with Crippen molar-refractivity contribution in [1.29, 1.82) is 0 Å². The summed E-state index contributed by atoms with van der Waals surface area (Å²) in [5.41, 5.74) is 2.54. The van der Waals surface area contributed by atoms with Crippen LogP contribution in [0.4, 0.5) is 0 Å². The molecule has 1 aromatic carbocycles. The van der Waals surface area contributed by atoms with Gasteiger partial charge in [0.2, 0.25) is 10.0 Å². The lowest BCUT2D eigenvalue weighted by Gasteiger charge is -2.32. The van der Waals surface area contributed by atoms with E-state index in [0.29, 0.717) is 25.2 Å². The van der Waals surface area contributed by atoms with E-state index in [1.54, 1.807) is 4.31 Å². The second-order valence-electron chi connectivity index (χ2n) is 5.74. The first-order chi connectivity index (χ1) is 9.36. The normalized spacial score (nSPS) is 19.9. The summed E-state index contributed by atoms with van der Waals surface area (Å²) in [5, 5.41) is 3.61. The van der Waals surface area contributed by atoms with Crippen molar-refractivity contribution in [1.82, 2.24) is 9.62 Å². The molecule has 0 spiro atoms. The van der Waals surface area contributed by atoms with Crippen LogP contribution in [0.25, 0.3) is 0 Å². The van der Waals surface area contributed by atoms with Crippen molar-refractivity contribution < 1.29 is 8.42 Å². The molecule has 20 heavy (non-hydrogen) atoms. The summed E-state index contributed by atoms with van der Waals surface area (Å²) in [6.45, 7) is 5.49. The van der Waals surface area contributed by atoms with Crippen molar-refractivity contribution >= 4 is 10.0 Å². The molecule has 0 radical (unpaired) electrons. The van der Waals surface area contributed by atoms with E-state index in [1.165, 1.54) is 17.4 Å². The summed E-state index contributed by atoms with van der Waals surface area (Å²) in [5.74, 6) is 0. The molecule has 0 aliphatic carbocycles. The number of nitrogens with one attached hydrogen (secondary N) is 1. The molecular weight excluding hydrogens is 272 g/mol. The highest BCUT2D eigenvalue weighted by Gasteiger charge is 2.25. The molecule has 0 amide bonds. The number of rotatable bonds is 4. The van der Waals surface area contributed by atoms with Crippen LogP contribution in [-0.4, -0.2) is 38.1 Å². The fourth-order valence-electron chi connectivity index (χ4n) is 2.66. The number of piperidine rings is 1. The number of nitrogens with zero attached hydrogens (tertiary/aromatic N) is 1. The molecule has 1 aliphatic heterocycles. The minimum atomic E-state index is -3.03. The summed E-state index contributed by atoms with van der Waals surface area (Å²) in [6, 6.07) is 9.24.